The van der Waals surface area contributed by atoms with E-state index in [1.807, 2.05) is 53.8 Å². The third-order valence-corrected chi connectivity index (χ3v) is 4.90. The van der Waals surface area contributed by atoms with E-state index in [0.717, 1.165) is 49.4 Å². The maximum absolute atomic E-state index is 13.3. The predicted molar refractivity (Wildman–Crippen MR) is 102 cm³/mol. The van der Waals surface area contributed by atoms with Crippen LogP contribution in [0.15, 0.2) is 36.5 Å². The van der Waals surface area contributed by atoms with Gasteiger partial charge >= 0.3 is 0 Å². The van der Waals surface area contributed by atoms with Gasteiger partial charge in [-0.25, -0.2) is 0 Å². The van der Waals surface area contributed by atoms with Gasteiger partial charge in [-0.1, -0.05) is 6.07 Å². The molecule has 0 aromatic carbocycles. The van der Waals surface area contributed by atoms with Crippen LogP contribution in [0.5, 0.6) is 0 Å². The van der Waals surface area contributed by atoms with Crippen LogP contribution < -0.4 is 5.32 Å². The Morgan fingerprint density at radius 3 is 2.80 bits per heavy atom. The Morgan fingerprint density at radius 2 is 2.12 bits per heavy atom. The maximum Gasteiger partial charge on any atom is 0.271 e. The molecule has 0 radical (unpaired) electrons. The van der Waals surface area contributed by atoms with E-state index >= 15 is 0 Å². The van der Waals surface area contributed by atoms with Gasteiger partial charge in [-0.3, -0.25) is 9.78 Å². The van der Waals surface area contributed by atoms with Crippen molar-refractivity contribution < 1.29 is 4.79 Å². The zero-order valence-electron chi connectivity index (χ0n) is 14.9. The highest BCUT2D eigenvalue weighted by molar-refractivity contribution is 5.93. The Kier molecular flexibility index (Phi) is 7.02. The lowest BCUT2D eigenvalue weighted by Gasteiger charge is -2.31. The molecule has 0 saturated carbocycles. The van der Waals surface area contributed by atoms with E-state index in [1.165, 1.54) is 0 Å². The van der Waals surface area contributed by atoms with Gasteiger partial charge in [-0.2, -0.15) is 0 Å². The topological polar surface area (TPSA) is 50.2 Å². The summed E-state index contributed by atoms with van der Waals surface area (Å²) in [6.07, 6.45) is 4.92. The van der Waals surface area contributed by atoms with Crippen LogP contribution in [0.1, 0.15) is 41.1 Å². The monoisotopic (exact) mass is 362 g/mol. The van der Waals surface area contributed by atoms with Gasteiger partial charge in [0.2, 0.25) is 0 Å². The van der Waals surface area contributed by atoms with Crippen molar-refractivity contribution in [3.63, 3.8) is 0 Å². The molecule has 1 fully saturated rings. The Hall–Kier alpha value is -1.85. The fourth-order valence-corrected chi connectivity index (χ4v) is 3.32. The molecule has 3 rings (SSSR count). The number of nitrogens with one attached hydrogen (secondary N) is 1. The summed E-state index contributed by atoms with van der Waals surface area (Å²) in [6.45, 7) is 4.58. The molecule has 0 bridgehead atoms. The lowest BCUT2D eigenvalue weighted by Crippen LogP contribution is -2.41. The van der Waals surface area contributed by atoms with E-state index in [-0.39, 0.29) is 24.4 Å². The first-order valence-electron chi connectivity index (χ1n) is 8.70. The highest BCUT2D eigenvalue weighted by atomic mass is 35.5. The SMILES string of the molecule is Cc1ccc(C(=O)N(Cc2ccccn2)C2CCCNCC2)n1C.Cl. The molecule has 1 saturated heterocycles. The summed E-state index contributed by atoms with van der Waals surface area (Å²) in [5.74, 6) is 0.100. The van der Waals surface area contributed by atoms with Crippen molar-refractivity contribution in [3.05, 3.63) is 53.6 Å². The first kappa shape index (κ1) is 19.5. The van der Waals surface area contributed by atoms with Crippen molar-refractivity contribution in [1.29, 1.82) is 0 Å². The van der Waals surface area contributed by atoms with Crippen LogP contribution in [-0.4, -0.2) is 39.5 Å². The number of aryl methyl sites for hydroxylation is 1. The minimum Gasteiger partial charge on any atom is -0.344 e. The van der Waals surface area contributed by atoms with Gasteiger partial charge < -0.3 is 14.8 Å². The van der Waals surface area contributed by atoms with E-state index in [1.54, 1.807) is 6.20 Å². The number of hydrogen-bond donors (Lipinski definition) is 1. The van der Waals surface area contributed by atoms with Crippen LogP contribution in [0.2, 0.25) is 0 Å². The third-order valence-electron chi connectivity index (χ3n) is 4.90. The summed E-state index contributed by atoms with van der Waals surface area (Å²) in [5, 5.41) is 3.43. The molecule has 1 N–H and O–H groups in total. The summed E-state index contributed by atoms with van der Waals surface area (Å²) in [5.41, 5.74) is 2.79. The highest BCUT2D eigenvalue weighted by Gasteiger charge is 2.27. The van der Waals surface area contributed by atoms with Crippen molar-refractivity contribution in [2.75, 3.05) is 13.1 Å². The molecule has 2 aromatic rings. The van der Waals surface area contributed by atoms with E-state index in [0.29, 0.717) is 6.54 Å². The van der Waals surface area contributed by atoms with Gasteiger partial charge in [-0.15, -0.1) is 12.4 Å². The average Bonchev–Trinajstić information content (AvgIpc) is 2.81. The number of aromatic nitrogens is 2. The van der Waals surface area contributed by atoms with E-state index in [4.69, 9.17) is 0 Å². The molecule has 1 atom stereocenters. The number of carbonyl (C=O) groups is 1. The molecule has 0 aliphatic carbocycles. The van der Waals surface area contributed by atoms with E-state index in [9.17, 15) is 4.79 Å². The number of amides is 1. The Balaban J connectivity index is 0.00000225. The summed E-state index contributed by atoms with van der Waals surface area (Å²) >= 11 is 0. The number of rotatable bonds is 4. The minimum atomic E-state index is 0. The zero-order chi connectivity index (χ0) is 16.9. The normalized spacial score (nSPS) is 17.4. The molecule has 1 amide bonds. The van der Waals surface area contributed by atoms with Crippen LogP contribution in [0, 0.1) is 6.92 Å². The van der Waals surface area contributed by atoms with Gasteiger partial charge in [0.25, 0.3) is 5.91 Å². The highest BCUT2D eigenvalue weighted by Crippen LogP contribution is 2.20. The number of nitrogens with zero attached hydrogens (tertiary/aromatic N) is 3. The predicted octanol–water partition coefficient (Wildman–Crippen LogP) is 2.93. The average molecular weight is 363 g/mol. The Bertz CT molecular complexity index is 678. The first-order chi connectivity index (χ1) is 11.7. The largest absolute Gasteiger partial charge is 0.344 e. The molecule has 1 unspecified atom stereocenters. The second-order valence-electron chi connectivity index (χ2n) is 6.51. The Labute approximate surface area is 155 Å². The molecule has 3 heterocycles. The molecule has 1 aliphatic rings. The lowest BCUT2D eigenvalue weighted by molar-refractivity contribution is 0.0632. The lowest BCUT2D eigenvalue weighted by atomic mass is 10.1. The van der Waals surface area contributed by atoms with Crippen molar-refractivity contribution in [1.82, 2.24) is 19.8 Å². The standard InChI is InChI=1S/C19H26N4O.ClH/c1-15-8-9-18(22(15)2)19(24)23(14-16-6-3-4-12-21-16)17-7-5-11-20-13-10-17;/h3-4,6,8-9,12,17,20H,5,7,10-11,13-14H2,1-2H3;1H. The second-order valence-corrected chi connectivity index (χ2v) is 6.51. The fraction of sp³-hybridized carbons (Fsp3) is 0.474. The molecular weight excluding hydrogens is 336 g/mol. The van der Waals surface area contributed by atoms with Crippen LogP contribution in [0.4, 0.5) is 0 Å². The summed E-state index contributed by atoms with van der Waals surface area (Å²) < 4.78 is 1.97. The quantitative estimate of drug-likeness (QED) is 0.909. The summed E-state index contributed by atoms with van der Waals surface area (Å²) in [6, 6.07) is 10.1. The van der Waals surface area contributed by atoms with Crippen molar-refractivity contribution in [2.45, 2.75) is 38.8 Å². The smallest absolute Gasteiger partial charge is 0.271 e. The van der Waals surface area contributed by atoms with E-state index in [2.05, 4.69) is 10.3 Å². The number of halogens is 1. The molecule has 6 heteroatoms. The third kappa shape index (κ3) is 4.61. The molecule has 0 spiro atoms. The van der Waals surface area contributed by atoms with Gasteiger partial charge in [-0.05, 0) is 63.5 Å². The summed E-state index contributed by atoms with van der Waals surface area (Å²) in [4.78, 5) is 19.7. The zero-order valence-corrected chi connectivity index (χ0v) is 15.8. The maximum atomic E-state index is 13.3. The van der Waals surface area contributed by atoms with Crippen LogP contribution >= 0.6 is 12.4 Å². The number of pyridine rings is 1. The molecule has 5 nitrogen and oxygen atoms in total. The second kappa shape index (κ2) is 9.02. The Morgan fingerprint density at radius 1 is 1.28 bits per heavy atom. The molecular formula is C19H27ClN4O. The molecule has 2 aromatic heterocycles. The number of carbonyl (C=O) groups excluding carboxylic acids is 1. The first-order valence-corrected chi connectivity index (χ1v) is 8.70. The van der Waals surface area contributed by atoms with Gasteiger partial charge in [0.05, 0.1) is 12.2 Å². The molecule has 25 heavy (non-hydrogen) atoms. The van der Waals surface area contributed by atoms with Gasteiger partial charge in [0.1, 0.15) is 5.69 Å². The van der Waals surface area contributed by atoms with Crippen molar-refractivity contribution >= 4 is 18.3 Å². The van der Waals surface area contributed by atoms with E-state index < -0.39 is 0 Å². The minimum absolute atomic E-state index is 0. The van der Waals surface area contributed by atoms with Crippen LogP contribution in [0.25, 0.3) is 0 Å². The van der Waals surface area contributed by atoms with Crippen molar-refractivity contribution in [3.8, 4) is 0 Å². The summed E-state index contributed by atoms with van der Waals surface area (Å²) in [7, 11) is 1.95. The number of hydrogen-bond acceptors (Lipinski definition) is 3. The fourth-order valence-electron chi connectivity index (χ4n) is 3.32. The molecule has 1 aliphatic heterocycles. The van der Waals surface area contributed by atoms with Crippen LogP contribution in [0.3, 0.4) is 0 Å². The van der Waals surface area contributed by atoms with Crippen LogP contribution in [-0.2, 0) is 13.6 Å². The molecule has 136 valence electrons. The van der Waals surface area contributed by atoms with Crippen molar-refractivity contribution in [2.24, 2.45) is 7.05 Å². The van der Waals surface area contributed by atoms with Gasteiger partial charge in [0.15, 0.2) is 0 Å². The van der Waals surface area contributed by atoms with Gasteiger partial charge in [0, 0.05) is 25.0 Å².